The maximum Gasteiger partial charge on any atom is 0.343 e. The Bertz CT molecular complexity index is 1520. The van der Waals surface area contributed by atoms with Crippen molar-refractivity contribution in [3.63, 3.8) is 0 Å². The van der Waals surface area contributed by atoms with Crippen LogP contribution in [0.3, 0.4) is 0 Å². The van der Waals surface area contributed by atoms with Gasteiger partial charge in [-0.15, -0.1) is 0 Å². The van der Waals surface area contributed by atoms with Crippen molar-refractivity contribution in [1.82, 2.24) is 0 Å². The fourth-order valence-electron chi connectivity index (χ4n) is 4.28. The molecule has 8 heteroatoms. The van der Waals surface area contributed by atoms with Gasteiger partial charge in [0.15, 0.2) is 11.5 Å². The van der Waals surface area contributed by atoms with Crippen LogP contribution >= 0.6 is 0 Å². The van der Waals surface area contributed by atoms with Gasteiger partial charge in [0, 0.05) is 5.56 Å². The van der Waals surface area contributed by atoms with Crippen molar-refractivity contribution in [3.8, 4) is 11.5 Å². The third-order valence-corrected chi connectivity index (χ3v) is 6.20. The minimum Gasteiger partial charge on any atom is -0.490 e. The molecule has 4 aromatic rings. The molecule has 5 rings (SSSR count). The van der Waals surface area contributed by atoms with E-state index in [0.29, 0.717) is 40.6 Å². The van der Waals surface area contributed by atoms with Crippen LogP contribution in [0.25, 0.3) is 6.08 Å². The van der Waals surface area contributed by atoms with Crippen LogP contribution < -0.4 is 19.3 Å². The monoisotopic (exact) mass is 536 g/mol. The zero-order valence-electron chi connectivity index (χ0n) is 21.6. The number of barbiturate groups is 1. The molecule has 0 aromatic heterocycles. The molecule has 0 unspecified atom stereocenters. The first kappa shape index (κ1) is 26.4. The summed E-state index contributed by atoms with van der Waals surface area (Å²) in [6.07, 6.45) is 1.42. The number of hydrogen-bond acceptors (Lipinski definition) is 5. The fourth-order valence-corrected chi connectivity index (χ4v) is 4.28. The number of imide groups is 2. The summed E-state index contributed by atoms with van der Waals surface area (Å²) in [5.74, 6) is -1.13. The Kier molecular flexibility index (Phi) is 7.68. The van der Waals surface area contributed by atoms with Crippen molar-refractivity contribution in [1.29, 1.82) is 0 Å². The molecule has 4 aromatic carbocycles. The van der Waals surface area contributed by atoms with E-state index >= 15 is 0 Å². The number of urea groups is 1. The fraction of sp³-hybridized carbons (Fsp3) is 0.0938. The Morgan fingerprint density at radius 3 is 1.85 bits per heavy atom. The number of benzene rings is 4. The minimum absolute atomic E-state index is 0.00959. The molecular weight excluding hydrogens is 511 g/mol. The summed E-state index contributed by atoms with van der Waals surface area (Å²) >= 11 is 0. The molecule has 4 amide bonds. The van der Waals surface area contributed by atoms with E-state index in [0.717, 1.165) is 9.80 Å². The van der Waals surface area contributed by atoms with Crippen LogP contribution in [-0.2, 0) is 16.2 Å². The lowest BCUT2D eigenvalue weighted by Gasteiger charge is -2.33. The highest BCUT2D eigenvalue weighted by Crippen LogP contribution is 2.33. The summed E-state index contributed by atoms with van der Waals surface area (Å²) in [7, 11) is 0. The quantitative estimate of drug-likeness (QED) is 0.193. The van der Waals surface area contributed by atoms with E-state index in [1.165, 1.54) is 12.1 Å². The molecule has 1 heterocycles. The summed E-state index contributed by atoms with van der Waals surface area (Å²) in [6.45, 7) is 2.12. The van der Waals surface area contributed by atoms with Crippen LogP contribution in [0, 0.1) is 5.82 Å². The molecule has 1 aliphatic rings. The van der Waals surface area contributed by atoms with Crippen LogP contribution in [0.4, 0.5) is 20.6 Å². The zero-order chi connectivity index (χ0) is 28.1. The third kappa shape index (κ3) is 5.33. The number of hydrogen-bond donors (Lipinski definition) is 0. The molecule has 1 fully saturated rings. The molecule has 1 saturated heterocycles. The molecule has 0 aliphatic carbocycles. The lowest BCUT2D eigenvalue weighted by Crippen LogP contribution is -2.57. The number of halogens is 1. The summed E-state index contributed by atoms with van der Waals surface area (Å²) < 4.78 is 25.6. The Hall–Kier alpha value is -5.24. The van der Waals surface area contributed by atoms with Gasteiger partial charge in [0.2, 0.25) is 0 Å². The predicted molar refractivity (Wildman–Crippen MR) is 150 cm³/mol. The van der Waals surface area contributed by atoms with Crippen molar-refractivity contribution < 1.29 is 28.2 Å². The summed E-state index contributed by atoms with van der Waals surface area (Å²) in [5.41, 5.74) is 1.34. The van der Waals surface area contributed by atoms with Gasteiger partial charge in [-0.05, 0) is 61.0 Å². The van der Waals surface area contributed by atoms with Gasteiger partial charge in [-0.1, -0.05) is 60.7 Å². The number of para-hydroxylation sites is 2. The average molecular weight is 537 g/mol. The van der Waals surface area contributed by atoms with E-state index in [-0.39, 0.29) is 18.0 Å². The molecule has 0 N–H and O–H groups in total. The van der Waals surface area contributed by atoms with E-state index in [1.54, 1.807) is 104 Å². The lowest BCUT2D eigenvalue weighted by atomic mass is 10.0. The highest BCUT2D eigenvalue weighted by atomic mass is 19.1. The van der Waals surface area contributed by atoms with Gasteiger partial charge >= 0.3 is 6.03 Å². The number of anilines is 2. The normalized spacial score (nSPS) is 13.4. The first-order valence-corrected chi connectivity index (χ1v) is 12.7. The molecule has 0 radical (unpaired) electrons. The Morgan fingerprint density at radius 2 is 1.27 bits per heavy atom. The topological polar surface area (TPSA) is 76.2 Å². The summed E-state index contributed by atoms with van der Waals surface area (Å²) in [4.78, 5) is 42.6. The highest BCUT2D eigenvalue weighted by Gasteiger charge is 2.43. The van der Waals surface area contributed by atoms with Gasteiger partial charge in [0.1, 0.15) is 18.0 Å². The molecule has 1 aliphatic heterocycles. The standard InChI is InChI=1S/C32H25FN2O5/c1-2-39-29-20-22(17-18-28(29)40-21-23-11-9-10-16-27(23)33)19-26-30(36)34(24-12-5-3-6-13-24)32(38)35(31(26)37)25-14-7-4-8-15-25/h3-20H,2,21H2,1H3. The molecule has 0 atom stereocenters. The van der Waals surface area contributed by atoms with Gasteiger partial charge < -0.3 is 9.47 Å². The van der Waals surface area contributed by atoms with Crippen molar-refractivity contribution in [2.24, 2.45) is 0 Å². The van der Waals surface area contributed by atoms with Crippen LogP contribution in [0.5, 0.6) is 11.5 Å². The maximum atomic E-state index is 14.1. The van der Waals surface area contributed by atoms with E-state index in [2.05, 4.69) is 0 Å². The van der Waals surface area contributed by atoms with E-state index < -0.39 is 17.8 Å². The first-order chi connectivity index (χ1) is 19.5. The van der Waals surface area contributed by atoms with Crippen LogP contribution in [0.15, 0.2) is 109 Å². The Morgan fingerprint density at radius 1 is 0.700 bits per heavy atom. The zero-order valence-corrected chi connectivity index (χ0v) is 21.6. The number of nitrogens with zero attached hydrogens (tertiary/aromatic N) is 2. The maximum absolute atomic E-state index is 14.1. The molecule has 200 valence electrons. The second-order valence-electron chi connectivity index (χ2n) is 8.81. The second-order valence-corrected chi connectivity index (χ2v) is 8.81. The largest absolute Gasteiger partial charge is 0.490 e. The number of amides is 4. The number of carbonyl (C=O) groups is 3. The minimum atomic E-state index is -0.767. The number of carbonyl (C=O) groups excluding carboxylic acids is 3. The Labute approximate surface area is 230 Å². The summed E-state index contributed by atoms with van der Waals surface area (Å²) in [6, 6.07) is 27.3. The van der Waals surface area contributed by atoms with Crippen LogP contribution in [0.1, 0.15) is 18.1 Å². The van der Waals surface area contributed by atoms with Gasteiger partial charge in [-0.25, -0.2) is 19.0 Å². The third-order valence-electron chi connectivity index (χ3n) is 6.20. The summed E-state index contributed by atoms with van der Waals surface area (Å²) in [5, 5.41) is 0. The Balaban J connectivity index is 1.52. The number of ether oxygens (including phenoxy) is 2. The van der Waals surface area contributed by atoms with Gasteiger partial charge in [-0.3, -0.25) is 9.59 Å². The molecular formula is C32H25FN2O5. The van der Waals surface area contributed by atoms with Crippen LogP contribution in [-0.4, -0.2) is 24.5 Å². The highest BCUT2D eigenvalue weighted by molar-refractivity contribution is 6.46. The molecule has 0 spiro atoms. The first-order valence-electron chi connectivity index (χ1n) is 12.7. The van der Waals surface area contributed by atoms with Crippen LogP contribution in [0.2, 0.25) is 0 Å². The molecule has 7 nitrogen and oxygen atoms in total. The lowest BCUT2D eigenvalue weighted by molar-refractivity contribution is -0.121. The van der Waals surface area contributed by atoms with Crippen molar-refractivity contribution in [3.05, 3.63) is 126 Å². The smallest absolute Gasteiger partial charge is 0.343 e. The van der Waals surface area contributed by atoms with E-state index in [4.69, 9.17) is 9.47 Å². The predicted octanol–water partition coefficient (Wildman–Crippen LogP) is 6.39. The van der Waals surface area contributed by atoms with E-state index in [9.17, 15) is 18.8 Å². The average Bonchev–Trinajstić information content (AvgIpc) is 2.97. The number of rotatable bonds is 8. The SMILES string of the molecule is CCOc1cc(C=C2C(=O)N(c3ccccc3)C(=O)N(c3ccccc3)C2=O)ccc1OCc1ccccc1F. The second kappa shape index (κ2) is 11.7. The van der Waals surface area contributed by atoms with Gasteiger partial charge in [-0.2, -0.15) is 0 Å². The molecule has 0 saturated carbocycles. The van der Waals surface area contributed by atoms with Gasteiger partial charge in [0.25, 0.3) is 11.8 Å². The van der Waals surface area contributed by atoms with Crippen molar-refractivity contribution >= 4 is 35.3 Å². The van der Waals surface area contributed by atoms with Crippen molar-refractivity contribution in [2.45, 2.75) is 13.5 Å². The molecule has 40 heavy (non-hydrogen) atoms. The van der Waals surface area contributed by atoms with E-state index in [1.807, 2.05) is 0 Å². The van der Waals surface area contributed by atoms with Gasteiger partial charge in [0.05, 0.1) is 18.0 Å². The van der Waals surface area contributed by atoms with Crippen molar-refractivity contribution in [2.75, 3.05) is 16.4 Å². The molecule has 0 bridgehead atoms.